The molecule has 2 aliphatic carbocycles. The maximum Gasteiger partial charge on any atom is 0.133 e. The molecular weight excluding hydrogens is 176 g/mol. The fourth-order valence-corrected chi connectivity index (χ4v) is 3.45. The lowest BCUT2D eigenvalue weighted by Gasteiger charge is -2.45. The summed E-state index contributed by atoms with van der Waals surface area (Å²) in [5.74, 6) is 0.411. The van der Waals surface area contributed by atoms with Gasteiger partial charge in [0.05, 0.1) is 5.60 Å². The van der Waals surface area contributed by atoms with Crippen molar-refractivity contribution in [2.45, 2.75) is 63.9 Å². The van der Waals surface area contributed by atoms with Crippen LogP contribution < -0.4 is 0 Å². The topological polar surface area (TPSA) is 37.3 Å². The van der Waals surface area contributed by atoms with Gasteiger partial charge in [0, 0.05) is 12.8 Å². The summed E-state index contributed by atoms with van der Waals surface area (Å²) in [4.78, 5) is 11.5. The third-order valence-electron chi connectivity index (χ3n) is 3.91. The second kappa shape index (κ2) is 3.34. The molecule has 2 saturated carbocycles. The van der Waals surface area contributed by atoms with E-state index in [0.717, 1.165) is 51.4 Å². The number of carbonyl (C=O) groups excluding carboxylic acids is 1. The second-order valence-corrected chi connectivity index (χ2v) is 5.60. The molecule has 0 saturated heterocycles. The van der Waals surface area contributed by atoms with E-state index < -0.39 is 5.60 Å². The van der Waals surface area contributed by atoms with Gasteiger partial charge in [-0.05, 0) is 44.4 Å². The smallest absolute Gasteiger partial charge is 0.133 e. The van der Waals surface area contributed by atoms with Crippen LogP contribution in [-0.2, 0) is 4.79 Å². The second-order valence-electron chi connectivity index (χ2n) is 5.60. The molecule has 0 amide bonds. The Labute approximate surface area is 85.7 Å². The predicted octanol–water partition coefficient (Wildman–Crippen LogP) is 2.44. The third kappa shape index (κ3) is 2.00. The van der Waals surface area contributed by atoms with Crippen LogP contribution in [0.1, 0.15) is 58.3 Å². The minimum absolute atomic E-state index is 0.164. The van der Waals surface area contributed by atoms with Crippen LogP contribution in [0.2, 0.25) is 0 Å². The van der Waals surface area contributed by atoms with Crippen LogP contribution >= 0.6 is 0 Å². The molecule has 0 heterocycles. The monoisotopic (exact) mass is 196 g/mol. The van der Waals surface area contributed by atoms with Crippen LogP contribution in [0.15, 0.2) is 0 Å². The Bertz CT molecular complexity index is 241. The first kappa shape index (κ1) is 10.2. The minimum Gasteiger partial charge on any atom is -0.390 e. The number of hydrogen-bond donors (Lipinski definition) is 1. The Morgan fingerprint density at radius 2 is 1.93 bits per heavy atom. The van der Waals surface area contributed by atoms with E-state index in [-0.39, 0.29) is 5.41 Å². The van der Waals surface area contributed by atoms with Crippen LogP contribution in [0.5, 0.6) is 0 Å². The Morgan fingerprint density at radius 3 is 2.57 bits per heavy atom. The van der Waals surface area contributed by atoms with Crippen molar-refractivity contribution in [1.29, 1.82) is 0 Å². The van der Waals surface area contributed by atoms with Crippen molar-refractivity contribution in [1.82, 2.24) is 0 Å². The molecule has 2 nitrogen and oxygen atoms in total. The van der Waals surface area contributed by atoms with E-state index in [0.29, 0.717) is 5.78 Å². The lowest BCUT2D eigenvalue weighted by molar-refractivity contribution is -0.127. The number of carbonyl (C=O) groups is 1. The van der Waals surface area contributed by atoms with Crippen LogP contribution in [-0.4, -0.2) is 16.5 Å². The minimum atomic E-state index is -0.518. The number of hydrogen-bond acceptors (Lipinski definition) is 2. The standard InChI is InChI=1S/C12H20O2/c1-11(14)5-3-7-12(9-11)6-2-4-10(13)8-12/h14H,2-9H2,1H3. The SMILES string of the molecule is CC1(O)CCCC2(CCCC(=O)C2)C1. The van der Waals surface area contributed by atoms with Gasteiger partial charge < -0.3 is 5.11 Å². The molecular formula is C12H20O2. The van der Waals surface area contributed by atoms with Gasteiger partial charge in [-0.2, -0.15) is 0 Å². The Kier molecular flexibility index (Phi) is 2.42. The highest BCUT2D eigenvalue weighted by molar-refractivity contribution is 5.79. The zero-order valence-corrected chi connectivity index (χ0v) is 9.01. The van der Waals surface area contributed by atoms with Crippen molar-refractivity contribution in [3.8, 4) is 0 Å². The fourth-order valence-electron chi connectivity index (χ4n) is 3.45. The lowest BCUT2D eigenvalue weighted by atomic mass is 9.61. The molecule has 2 atom stereocenters. The summed E-state index contributed by atoms with van der Waals surface area (Å²) in [5, 5.41) is 10.1. The number of ketones is 1. The normalized spacial score (nSPS) is 44.3. The quantitative estimate of drug-likeness (QED) is 0.646. The van der Waals surface area contributed by atoms with Crippen molar-refractivity contribution in [3.05, 3.63) is 0 Å². The van der Waals surface area contributed by atoms with E-state index in [1.54, 1.807) is 0 Å². The van der Waals surface area contributed by atoms with E-state index >= 15 is 0 Å². The maximum atomic E-state index is 11.5. The van der Waals surface area contributed by atoms with E-state index in [4.69, 9.17) is 0 Å². The van der Waals surface area contributed by atoms with Gasteiger partial charge in [-0.25, -0.2) is 0 Å². The molecule has 0 aromatic rings. The van der Waals surface area contributed by atoms with Gasteiger partial charge in [-0.15, -0.1) is 0 Å². The summed E-state index contributed by atoms with van der Waals surface area (Å²) in [5.41, 5.74) is -0.354. The van der Waals surface area contributed by atoms with Crippen LogP contribution in [0.4, 0.5) is 0 Å². The lowest BCUT2D eigenvalue weighted by Crippen LogP contribution is -2.42. The third-order valence-corrected chi connectivity index (χ3v) is 3.91. The predicted molar refractivity (Wildman–Crippen MR) is 55.0 cm³/mol. The van der Waals surface area contributed by atoms with E-state index in [2.05, 4.69) is 0 Å². The largest absolute Gasteiger partial charge is 0.390 e. The molecule has 0 aliphatic heterocycles. The molecule has 0 bridgehead atoms. The van der Waals surface area contributed by atoms with Gasteiger partial charge in [0.2, 0.25) is 0 Å². The summed E-state index contributed by atoms with van der Waals surface area (Å²) in [7, 11) is 0. The molecule has 2 unspecified atom stereocenters. The molecule has 14 heavy (non-hydrogen) atoms. The molecule has 2 rings (SSSR count). The first-order valence-corrected chi connectivity index (χ1v) is 5.76. The van der Waals surface area contributed by atoms with Gasteiger partial charge in [0.25, 0.3) is 0 Å². The van der Waals surface area contributed by atoms with Crippen molar-refractivity contribution in [3.63, 3.8) is 0 Å². The summed E-state index contributed by atoms with van der Waals surface area (Å²) in [6, 6.07) is 0. The summed E-state index contributed by atoms with van der Waals surface area (Å²) >= 11 is 0. The van der Waals surface area contributed by atoms with Crippen LogP contribution in [0.25, 0.3) is 0 Å². The van der Waals surface area contributed by atoms with Crippen LogP contribution in [0, 0.1) is 5.41 Å². The Hall–Kier alpha value is -0.370. The van der Waals surface area contributed by atoms with E-state index in [1.807, 2.05) is 6.92 Å². The zero-order valence-electron chi connectivity index (χ0n) is 9.01. The number of rotatable bonds is 0. The highest BCUT2D eigenvalue weighted by atomic mass is 16.3. The van der Waals surface area contributed by atoms with Crippen molar-refractivity contribution in [2.75, 3.05) is 0 Å². The highest BCUT2D eigenvalue weighted by Gasteiger charge is 2.43. The molecule has 0 radical (unpaired) electrons. The highest BCUT2D eigenvalue weighted by Crippen LogP contribution is 2.49. The van der Waals surface area contributed by atoms with Crippen molar-refractivity contribution in [2.24, 2.45) is 5.41 Å². The number of Topliss-reactive ketones (excluding diaryl/α,β-unsaturated/α-hetero) is 1. The van der Waals surface area contributed by atoms with Gasteiger partial charge in [0.1, 0.15) is 5.78 Å². The maximum absolute atomic E-state index is 11.5. The van der Waals surface area contributed by atoms with Crippen molar-refractivity contribution < 1.29 is 9.90 Å². The Balaban J connectivity index is 2.10. The van der Waals surface area contributed by atoms with E-state index in [1.165, 1.54) is 0 Å². The molecule has 1 spiro atoms. The van der Waals surface area contributed by atoms with Gasteiger partial charge >= 0.3 is 0 Å². The molecule has 0 aromatic carbocycles. The summed E-state index contributed by atoms with van der Waals surface area (Å²) < 4.78 is 0. The molecule has 0 aromatic heterocycles. The molecule has 2 fully saturated rings. The molecule has 1 N–H and O–H groups in total. The van der Waals surface area contributed by atoms with Gasteiger partial charge in [-0.1, -0.05) is 6.42 Å². The van der Waals surface area contributed by atoms with Gasteiger partial charge in [0.15, 0.2) is 0 Å². The fraction of sp³-hybridized carbons (Fsp3) is 0.917. The van der Waals surface area contributed by atoms with Crippen molar-refractivity contribution >= 4 is 5.78 Å². The van der Waals surface area contributed by atoms with Crippen LogP contribution in [0.3, 0.4) is 0 Å². The molecule has 2 aliphatic rings. The van der Waals surface area contributed by atoms with E-state index in [9.17, 15) is 9.90 Å². The molecule has 2 heteroatoms. The zero-order chi connectivity index (χ0) is 10.2. The number of aliphatic hydroxyl groups is 1. The van der Waals surface area contributed by atoms with Gasteiger partial charge in [-0.3, -0.25) is 4.79 Å². The first-order valence-electron chi connectivity index (χ1n) is 5.76. The first-order chi connectivity index (χ1) is 6.52. The Morgan fingerprint density at radius 1 is 1.21 bits per heavy atom. The summed E-state index contributed by atoms with van der Waals surface area (Å²) in [6.07, 6.45) is 7.65. The summed E-state index contributed by atoms with van der Waals surface area (Å²) in [6.45, 7) is 1.92. The average molecular weight is 196 g/mol. The average Bonchev–Trinajstić information content (AvgIpc) is 2.00. The molecule has 80 valence electrons.